The summed E-state index contributed by atoms with van der Waals surface area (Å²) >= 11 is 2.18. The molecule has 0 amide bonds. The molecule has 0 saturated carbocycles. The second kappa shape index (κ2) is 4.55. The number of pyridine rings is 1. The zero-order valence-corrected chi connectivity index (χ0v) is 9.61. The summed E-state index contributed by atoms with van der Waals surface area (Å²) in [5, 5.41) is 0. The van der Waals surface area contributed by atoms with Crippen LogP contribution in [0.15, 0.2) is 18.3 Å². The Bertz CT molecular complexity index is 314. The maximum Gasteiger partial charge on any atom is 0.314 e. The SMILES string of the molecule is COC(=O)C(C)c1cc(I)ccn1. The third-order valence-electron chi connectivity index (χ3n) is 1.74. The van der Waals surface area contributed by atoms with Crippen molar-refractivity contribution < 1.29 is 9.53 Å². The van der Waals surface area contributed by atoms with Crippen LogP contribution < -0.4 is 0 Å². The Hall–Kier alpha value is -0.650. The molecule has 70 valence electrons. The van der Waals surface area contributed by atoms with Crippen molar-refractivity contribution in [3.05, 3.63) is 27.6 Å². The molecule has 0 radical (unpaired) electrons. The Morgan fingerprint density at radius 1 is 1.69 bits per heavy atom. The van der Waals surface area contributed by atoms with Crippen LogP contribution in [0.3, 0.4) is 0 Å². The van der Waals surface area contributed by atoms with Crippen LogP contribution in [0.5, 0.6) is 0 Å². The Labute approximate surface area is 90.6 Å². The average Bonchev–Trinajstić information content (AvgIpc) is 2.15. The van der Waals surface area contributed by atoms with E-state index in [9.17, 15) is 4.79 Å². The Balaban J connectivity index is 2.88. The smallest absolute Gasteiger partial charge is 0.314 e. The quantitative estimate of drug-likeness (QED) is 0.617. The molecule has 0 bridgehead atoms. The van der Waals surface area contributed by atoms with Gasteiger partial charge in [0.05, 0.1) is 18.7 Å². The van der Waals surface area contributed by atoms with Crippen LogP contribution in [0, 0.1) is 3.57 Å². The van der Waals surface area contributed by atoms with E-state index in [1.54, 1.807) is 13.1 Å². The van der Waals surface area contributed by atoms with Crippen molar-refractivity contribution in [3.8, 4) is 0 Å². The van der Waals surface area contributed by atoms with Gasteiger partial charge in [-0.15, -0.1) is 0 Å². The van der Waals surface area contributed by atoms with Gasteiger partial charge in [0.25, 0.3) is 0 Å². The second-order valence-corrected chi connectivity index (χ2v) is 3.89. The molecule has 0 saturated heterocycles. The van der Waals surface area contributed by atoms with Gasteiger partial charge in [-0.3, -0.25) is 9.78 Å². The summed E-state index contributed by atoms with van der Waals surface area (Å²) in [5.74, 6) is -0.547. The highest BCUT2D eigenvalue weighted by Crippen LogP contribution is 2.15. The van der Waals surface area contributed by atoms with E-state index in [-0.39, 0.29) is 11.9 Å². The lowest BCUT2D eigenvalue weighted by Crippen LogP contribution is -2.12. The summed E-state index contributed by atoms with van der Waals surface area (Å²) in [6, 6.07) is 3.76. The van der Waals surface area contributed by atoms with Crippen LogP contribution in [0.2, 0.25) is 0 Å². The molecule has 4 heteroatoms. The lowest BCUT2D eigenvalue weighted by atomic mass is 10.1. The molecular weight excluding hydrogens is 281 g/mol. The van der Waals surface area contributed by atoms with Crippen LogP contribution in [-0.2, 0) is 9.53 Å². The molecule has 0 spiro atoms. The van der Waals surface area contributed by atoms with E-state index in [4.69, 9.17) is 0 Å². The van der Waals surface area contributed by atoms with E-state index in [1.165, 1.54) is 7.11 Å². The number of methoxy groups -OCH3 is 1. The number of rotatable bonds is 2. The predicted octanol–water partition coefficient (Wildman–Crippen LogP) is 1.96. The summed E-state index contributed by atoms with van der Waals surface area (Å²) < 4.78 is 5.69. The van der Waals surface area contributed by atoms with E-state index < -0.39 is 0 Å². The highest BCUT2D eigenvalue weighted by atomic mass is 127. The molecule has 1 rings (SSSR count). The lowest BCUT2D eigenvalue weighted by Gasteiger charge is -2.07. The summed E-state index contributed by atoms with van der Waals surface area (Å²) in [7, 11) is 1.38. The normalized spacial score (nSPS) is 12.2. The standard InChI is InChI=1S/C9H10INO2/c1-6(9(12)13-2)8-5-7(10)3-4-11-8/h3-6H,1-2H3. The van der Waals surface area contributed by atoms with Crippen molar-refractivity contribution in [2.24, 2.45) is 0 Å². The molecule has 0 fully saturated rings. The van der Waals surface area contributed by atoms with Gasteiger partial charge in [0.15, 0.2) is 0 Å². The van der Waals surface area contributed by atoms with E-state index >= 15 is 0 Å². The van der Waals surface area contributed by atoms with Crippen LogP contribution in [-0.4, -0.2) is 18.1 Å². The van der Waals surface area contributed by atoms with E-state index in [0.717, 1.165) is 9.26 Å². The molecule has 13 heavy (non-hydrogen) atoms. The van der Waals surface area contributed by atoms with E-state index in [0.29, 0.717) is 0 Å². The molecule has 1 aromatic rings. The van der Waals surface area contributed by atoms with Crippen LogP contribution in [0.1, 0.15) is 18.5 Å². The zero-order valence-electron chi connectivity index (χ0n) is 7.45. The van der Waals surface area contributed by atoms with Gasteiger partial charge in [0.1, 0.15) is 0 Å². The highest BCUT2D eigenvalue weighted by Gasteiger charge is 2.16. The third kappa shape index (κ3) is 2.65. The number of halogens is 1. The number of aromatic nitrogens is 1. The minimum absolute atomic E-state index is 0.255. The van der Waals surface area contributed by atoms with Gasteiger partial charge >= 0.3 is 5.97 Å². The number of hydrogen-bond acceptors (Lipinski definition) is 3. The zero-order chi connectivity index (χ0) is 9.84. The fraction of sp³-hybridized carbons (Fsp3) is 0.333. The van der Waals surface area contributed by atoms with Crippen LogP contribution in [0.25, 0.3) is 0 Å². The fourth-order valence-electron chi connectivity index (χ4n) is 0.956. The molecular formula is C9H10INO2. The van der Waals surface area contributed by atoms with Gasteiger partial charge in [-0.05, 0) is 41.6 Å². The highest BCUT2D eigenvalue weighted by molar-refractivity contribution is 14.1. The number of ether oxygens (including phenoxy) is 1. The number of nitrogens with zero attached hydrogens (tertiary/aromatic N) is 1. The molecule has 0 aliphatic carbocycles. The molecule has 1 heterocycles. The summed E-state index contributed by atoms with van der Waals surface area (Å²) in [5.41, 5.74) is 0.749. The van der Waals surface area contributed by atoms with Gasteiger partial charge < -0.3 is 4.74 Å². The first-order valence-corrected chi connectivity index (χ1v) is 4.92. The van der Waals surface area contributed by atoms with Crippen molar-refractivity contribution in [1.82, 2.24) is 4.98 Å². The number of carbonyl (C=O) groups is 1. The van der Waals surface area contributed by atoms with Gasteiger partial charge in [-0.25, -0.2) is 0 Å². The fourth-order valence-corrected chi connectivity index (χ4v) is 1.44. The first-order chi connectivity index (χ1) is 6.15. The van der Waals surface area contributed by atoms with Crippen molar-refractivity contribution >= 4 is 28.6 Å². The molecule has 0 aromatic carbocycles. The second-order valence-electron chi connectivity index (χ2n) is 2.64. The maximum atomic E-state index is 11.2. The molecule has 0 aliphatic heterocycles. The van der Waals surface area contributed by atoms with Gasteiger partial charge in [-0.1, -0.05) is 0 Å². The van der Waals surface area contributed by atoms with Crippen molar-refractivity contribution in [2.75, 3.05) is 7.11 Å². The molecule has 1 unspecified atom stereocenters. The minimum atomic E-state index is -0.292. The number of carbonyl (C=O) groups excluding carboxylic acids is 1. The molecule has 0 aliphatic rings. The maximum absolute atomic E-state index is 11.2. The van der Waals surface area contributed by atoms with Crippen LogP contribution >= 0.6 is 22.6 Å². The van der Waals surface area contributed by atoms with E-state index in [2.05, 4.69) is 32.3 Å². The van der Waals surface area contributed by atoms with Crippen molar-refractivity contribution in [3.63, 3.8) is 0 Å². The summed E-state index contributed by atoms with van der Waals surface area (Å²) in [4.78, 5) is 15.3. The van der Waals surface area contributed by atoms with Gasteiger partial charge in [-0.2, -0.15) is 0 Å². The largest absolute Gasteiger partial charge is 0.469 e. The summed E-state index contributed by atoms with van der Waals surface area (Å²) in [6.07, 6.45) is 1.69. The molecule has 0 N–H and O–H groups in total. The first-order valence-electron chi connectivity index (χ1n) is 3.84. The average molecular weight is 291 g/mol. The number of esters is 1. The first kappa shape index (κ1) is 10.4. The summed E-state index contributed by atoms with van der Waals surface area (Å²) in [6.45, 7) is 1.78. The van der Waals surface area contributed by atoms with Crippen molar-refractivity contribution in [1.29, 1.82) is 0 Å². The van der Waals surface area contributed by atoms with Gasteiger partial charge in [0.2, 0.25) is 0 Å². The van der Waals surface area contributed by atoms with Gasteiger partial charge in [0, 0.05) is 9.77 Å². The molecule has 3 nitrogen and oxygen atoms in total. The predicted molar refractivity (Wildman–Crippen MR) is 57.4 cm³/mol. The minimum Gasteiger partial charge on any atom is -0.469 e. The third-order valence-corrected chi connectivity index (χ3v) is 2.41. The Kier molecular flexibility index (Phi) is 3.65. The Morgan fingerprint density at radius 2 is 2.38 bits per heavy atom. The molecule has 1 atom stereocenters. The number of hydrogen-bond donors (Lipinski definition) is 0. The van der Waals surface area contributed by atoms with Crippen molar-refractivity contribution in [2.45, 2.75) is 12.8 Å². The molecule has 1 aromatic heterocycles. The topological polar surface area (TPSA) is 39.2 Å². The van der Waals surface area contributed by atoms with Crippen LogP contribution in [0.4, 0.5) is 0 Å². The van der Waals surface area contributed by atoms with E-state index in [1.807, 2.05) is 12.1 Å². The Morgan fingerprint density at radius 3 is 2.92 bits per heavy atom. The lowest BCUT2D eigenvalue weighted by molar-refractivity contribution is -0.142. The monoisotopic (exact) mass is 291 g/mol.